The molecule has 0 unspecified atom stereocenters. The molecule has 0 aliphatic heterocycles. The van der Waals surface area contributed by atoms with Gasteiger partial charge in [0.25, 0.3) is 0 Å². The van der Waals surface area contributed by atoms with Crippen LogP contribution in [0.2, 0.25) is 0 Å². The highest BCUT2D eigenvalue weighted by Gasteiger charge is 2.22. The van der Waals surface area contributed by atoms with Crippen molar-refractivity contribution in [2.24, 2.45) is 0 Å². The van der Waals surface area contributed by atoms with Gasteiger partial charge in [-0.1, -0.05) is 48.5 Å². The maximum absolute atomic E-state index is 5.97. The lowest BCUT2D eigenvalue weighted by Gasteiger charge is -2.30. The molecule has 1 aliphatic carbocycles. The van der Waals surface area contributed by atoms with E-state index in [1.807, 2.05) is 67.5 Å². The topological polar surface area (TPSA) is 71.5 Å². The Bertz CT molecular complexity index is 1340. The largest absolute Gasteiger partial charge is 0.496 e. The molecule has 4 aromatic rings. The monoisotopic (exact) mass is 511 g/mol. The van der Waals surface area contributed by atoms with E-state index < -0.39 is 0 Å². The van der Waals surface area contributed by atoms with Crippen LogP contribution in [0.1, 0.15) is 36.8 Å². The van der Waals surface area contributed by atoms with E-state index >= 15 is 0 Å². The molecular formula is C31H37N5O2. The van der Waals surface area contributed by atoms with Crippen molar-refractivity contribution in [2.45, 2.75) is 50.9 Å². The number of rotatable bonds is 10. The van der Waals surface area contributed by atoms with Crippen molar-refractivity contribution in [3.63, 3.8) is 0 Å². The Labute approximate surface area is 225 Å². The molecule has 0 bridgehead atoms. The predicted molar refractivity (Wildman–Crippen MR) is 154 cm³/mol. The number of benzene rings is 3. The van der Waals surface area contributed by atoms with Gasteiger partial charge in [-0.2, -0.15) is 4.98 Å². The molecule has 198 valence electrons. The average Bonchev–Trinajstić information content (AvgIpc) is 2.96. The smallest absolute Gasteiger partial charge is 0.225 e. The van der Waals surface area contributed by atoms with Crippen LogP contribution < -0.4 is 25.0 Å². The number of methoxy groups -OCH3 is 1. The molecule has 1 aromatic heterocycles. The predicted octanol–water partition coefficient (Wildman–Crippen LogP) is 5.80. The summed E-state index contributed by atoms with van der Waals surface area (Å²) in [5.41, 5.74) is 3.25. The molecule has 2 N–H and O–H groups in total. The van der Waals surface area contributed by atoms with Crippen LogP contribution in [-0.2, 0) is 13.2 Å². The van der Waals surface area contributed by atoms with E-state index in [1.165, 1.54) is 0 Å². The Morgan fingerprint density at radius 2 is 1.61 bits per heavy atom. The van der Waals surface area contributed by atoms with Crippen LogP contribution in [0.25, 0.3) is 10.9 Å². The lowest BCUT2D eigenvalue weighted by Crippen LogP contribution is -2.37. The van der Waals surface area contributed by atoms with Gasteiger partial charge in [-0.25, -0.2) is 4.98 Å². The Morgan fingerprint density at radius 3 is 2.37 bits per heavy atom. The van der Waals surface area contributed by atoms with Crippen LogP contribution in [0.15, 0.2) is 72.8 Å². The molecule has 1 heterocycles. The first-order chi connectivity index (χ1) is 18.6. The van der Waals surface area contributed by atoms with Gasteiger partial charge in [-0.05, 0) is 49.4 Å². The van der Waals surface area contributed by atoms with Gasteiger partial charge < -0.3 is 25.0 Å². The van der Waals surface area contributed by atoms with Crippen LogP contribution in [0, 0.1) is 0 Å². The van der Waals surface area contributed by atoms with Crippen molar-refractivity contribution in [3.8, 4) is 11.5 Å². The third kappa shape index (κ3) is 6.34. The number of ether oxygens (including phenoxy) is 2. The molecule has 7 heteroatoms. The van der Waals surface area contributed by atoms with Gasteiger partial charge in [0, 0.05) is 49.7 Å². The van der Waals surface area contributed by atoms with E-state index in [4.69, 9.17) is 19.4 Å². The summed E-state index contributed by atoms with van der Waals surface area (Å²) in [5.74, 6) is 3.32. The number of fused-ring (bicyclic) bond motifs is 1. The number of para-hydroxylation sites is 1. The van der Waals surface area contributed by atoms with Crippen LogP contribution in [0.4, 0.5) is 11.8 Å². The summed E-state index contributed by atoms with van der Waals surface area (Å²) in [5, 5.41) is 8.41. The van der Waals surface area contributed by atoms with Gasteiger partial charge >= 0.3 is 0 Å². The van der Waals surface area contributed by atoms with E-state index in [0.29, 0.717) is 24.6 Å². The Hall–Kier alpha value is -3.84. The van der Waals surface area contributed by atoms with E-state index in [-0.39, 0.29) is 0 Å². The Balaban J connectivity index is 1.13. The van der Waals surface area contributed by atoms with Gasteiger partial charge in [0.15, 0.2) is 0 Å². The van der Waals surface area contributed by atoms with E-state index in [1.54, 1.807) is 7.11 Å². The minimum atomic E-state index is 0.375. The lowest BCUT2D eigenvalue weighted by molar-refractivity contribution is 0.303. The van der Waals surface area contributed by atoms with Crippen LogP contribution >= 0.6 is 0 Å². The fourth-order valence-corrected chi connectivity index (χ4v) is 5.05. The quantitative estimate of drug-likeness (QED) is 0.279. The third-order valence-corrected chi connectivity index (χ3v) is 7.16. The normalized spacial score (nSPS) is 17.2. The fraction of sp³-hybridized carbons (Fsp3) is 0.355. The number of nitrogens with zero attached hydrogens (tertiary/aromatic N) is 3. The number of hydrogen-bond donors (Lipinski definition) is 2. The molecule has 0 spiro atoms. The maximum atomic E-state index is 5.97. The van der Waals surface area contributed by atoms with Crippen molar-refractivity contribution in [1.82, 2.24) is 15.3 Å². The summed E-state index contributed by atoms with van der Waals surface area (Å²) >= 11 is 0. The standard InChI is InChI=1S/C31H37N5O2/c1-36(2)30-27-11-7-8-12-28(27)34-31(35-30)33-25-16-14-24(15-17-25)32-20-23-13-18-26(19-29(23)37-3)38-21-22-9-5-4-6-10-22/h4-13,18-19,24-25,32H,14-17,20-21H2,1-3H3,(H,33,34,35)/t24-,25+. The molecular weight excluding hydrogens is 474 g/mol. The Morgan fingerprint density at radius 1 is 0.868 bits per heavy atom. The highest BCUT2D eigenvalue weighted by Crippen LogP contribution is 2.28. The summed E-state index contributed by atoms with van der Waals surface area (Å²) in [7, 11) is 5.76. The molecule has 0 atom stereocenters. The Kier molecular flexibility index (Phi) is 8.24. The summed E-state index contributed by atoms with van der Waals surface area (Å²) in [6.07, 6.45) is 4.36. The van der Waals surface area contributed by atoms with Crippen LogP contribution in [0.3, 0.4) is 0 Å². The van der Waals surface area contributed by atoms with E-state index in [0.717, 1.165) is 71.6 Å². The van der Waals surface area contributed by atoms with Crippen molar-refractivity contribution in [3.05, 3.63) is 83.9 Å². The molecule has 5 rings (SSSR count). The number of nitrogens with one attached hydrogen (secondary N) is 2. The molecule has 0 radical (unpaired) electrons. The summed E-state index contributed by atoms with van der Waals surface area (Å²) in [6.45, 7) is 1.31. The number of hydrogen-bond acceptors (Lipinski definition) is 7. The zero-order chi connectivity index (χ0) is 26.3. The molecule has 7 nitrogen and oxygen atoms in total. The highest BCUT2D eigenvalue weighted by molar-refractivity contribution is 5.90. The maximum Gasteiger partial charge on any atom is 0.225 e. The van der Waals surface area contributed by atoms with Crippen molar-refractivity contribution >= 4 is 22.7 Å². The second-order valence-electron chi connectivity index (χ2n) is 10.1. The molecule has 0 amide bonds. The zero-order valence-corrected chi connectivity index (χ0v) is 22.5. The minimum Gasteiger partial charge on any atom is -0.496 e. The average molecular weight is 512 g/mol. The molecule has 1 fully saturated rings. The van der Waals surface area contributed by atoms with Gasteiger partial charge in [0.05, 0.1) is 12.6 Å². The highest BCUT2D eigenvalue weighted by atomic mass is 16.5. The summed E-state index contributed by atoms with van der Waals surface area (Å²) in [4.78, 5) is 11.6. The SMILES string of the molecule is COc1cc(OCc2ccccc2)ccc1CN[C@H]1CC[C@@H](Nc2nc(N(C)C)c3ccccc3n2)CC1. The van der Waals surface area contributed by atoms with E-state index in [2.05, 4.69) is 34.9 Å². The second-order valence-corrected chi connectivity index (χ2v) is 10.1. The van der Waals surface area contributed by atoms with Crippen LogP contribution in [0.5, 0.6) is 11.5 Å². The van der Waals surface area contributed by atoms with Gasteiger partial charge in [-0.15, -0.1) is 0 Å². The van der Waals surface area contributed by atoms with Crippen molar-refractivity contribution < 1.29 is 9.47 Å². The first-order valence-corrected chi connectivity index (χ1v) is 13.4. The molecule has 1 aliphatic rings. The number of anilines is 2. The summed E-state index contributed by atoms with van der Waals surface area (Å²) < 4.78 is 11.6. The van der Waals surface area contributed by atoms with Gasteiger partial charge in [0.2, 0.25) is 5.95 Å². The second kappa shape index (κ2) is 12.1. The molecule has 0 saturated heterocycles. The first kappa shape index (κ1) is 25.8. The molecule has 38 heavy (non-hydrogen) atoms. The first-order valence-electron chi connectivity index (χ1n) is 13.4. The fourth-order valence-electron chi connectivity index (χ4n) is 5.05. The zero-order valence-electron chi connectivity index (χ0n) is 22.5. The third-order valence-electron chi connectivity index (χ3n) is 7.16. The minimum absolute atomic E-state index is 0.375. The lowest BCUT2D eigenvalue weighted by atomic mass is 9.91. The van der Waals surface area contributed by atoms with Crippen LogP contribution in [-0.4, -0.2) is 43.3 Å². The van der Waals surface area contributed by atoms with E-state index in [9.17, 15) is 0 Å². The van der Waals surface area contributed by atoms with Gasteiger partial charge in [0.1, 0.15) is 23.9 Å². The summed E-state index contributed by atoms with van der Waals surface area (Å²) in [6, 6.07) is 25.3. The van der Waals surface area contributed by atoms with Crippen molar-refractivity contribution in [2.75, 3.05) is 31.4 Å². The number of aromatic nitrogens is 2. The van der Waals surface area contributed by atoms with Gasteiger partial charge in [-0.3, -0.25) is 0 Å². The molecule has 3 aromatic carbocycles. The molecule has 1 saturated carbocycles. The van der Waals surface area contributed by atoms with Crippen molar-refractivity contribution in [1.29, 1.82) is 0 Å².